The topological polar surface area (TPSA) is 51.8 Å². The van der Waals surface area contributed by atoms with E-state index in [1.54, 1.807) is 15.3 Å². The molecule has 6 heteroatoms. The summed E-state index contributed by atoms with van der Waals surface area (Å²) in [6, 6.07) is 5.64. The van der Waals surface area contributed by atoms with Crippen molar-refractivity contribution in [1.29, 1.82) is 0 Å². The third-order valence-corrected chi connectivity index (χ3v) is 5.69. The lowest BCUT2D eigenvalue weighted by atomic mass is 9.98. The first-order valence-electron chi connectivity index (χ1n) is 9.68. The Kier molecular flexibility index (Phi) is 5.17. The van der Waals surface area contributed by atoms with Gasteiger partial charge in [0.25, 0.3) is 0 Å². The van der Waals surface area contributed by atoms with Crippen LogP contribution in [0.2, 0.25) is 0 Å². The molecule has 0 unspecified atom stereocenters. The first-order valence-corrected chi connectivity index (χ1v) is 9.68. The summed E-state index contributed by atoms with van der Waals surface area (Å²) in [6.07, 6.45) is 9.90. The SMILES string of the molecule is O=c1n(CCN2CCC(COC3CCCC3)CC2)nc2ccccn12. The maximum absolute atomic E-state index is 12.3. The normalized spacial score (nSPS) is 20.6. The zero-order chi connectivity index (χ0) is 17.1. The van der Waals surface area contributed by atoms with E-state index in [0.29, 0.717) is 18.6 Å². The molecule has 136 valence electrons. The predicted octanol–water partition coefficient (Wildman–Crippen LogP) is 2.17. The molecule has 0 atom stereocenters. The maximum Gasteiger partial charge on any atom is 0.350 e. The van der Waals surface area contributed by atoms with E-state index in [0.717, 1.165) is 31.9 Å². The van der Waals surface area contributed by atoms with Crippen molar-refractivity contribution in [2.24, 2.45) is 5.92 Å². The maximum atomic E-state index is 12.3. The fourth-order valence-electron chi connectivity index (χ4n) is 4.05. The van der Waals surface area contributed by atoms with Gasteiger partial charge in [-0.2, -0.15) is 0 Å². The Morgan fingerprint density at radius 1 is 1.08 bits per heavy atom. The molecule has 0 amide bonds. The van der Waals surface area contributed by atoms with Gasteiger partial charge in [0.1, 0.15) is 0 Å². The van der Waals surface area contributed by atoms with Crippen molar-refractivity contribution in [3.05, 3.63) is 34.9 Å². The van der Waals surface area contributed by atoms with Gasteiger partial charge in [0.15, 0.2) is 5.65 Å². The quantitative estimate of drug-likeness (QED) is 0.806. The molecule has 1 aliphatic carbocycles. The highest BCUT2D eigenvalue weighted by Gasteiger charge is 2.22. The molecule has 4 rings (SSSR count). The standard InChI is InChI=1S/C19H28N4O2/c24-19-22-10-4-3-7-18(22)20-23(19)14-13-21-11-8-16(9-12-21)15-25-17-5-1-2-6-17/h3-4,7,10,16-17H,1-2,5-6,8-9,11-15H2. The molecular formula is C19H28N4O2. The van der Waals surface area contributed by atoms with Crippen molar-refractivity contribution in [2.75, 3.05) is 26.2 Å². The minimum atomic E-state index is -0.0459. The molecule has 6 nitrogen and oxygen atoms in total. The number of piperidine rings is 1. The Balaban J connectivity index is 1.23. The monoisotopic (exact) mass is 344 g/mol. The Morgan fingerprint density at radius 3 is 2.64 bits per heavy atom. The van der Waals surface area contributed by atoms with Crippen LogP contribution in [0.15, 0.2) is 29.2 Å². The van der Waals surface area contributed by atoms with Crippen molar-refractivity contribution < 1.29 is 4.74 Å². The molecule has 0 aromatic carbocycles. The Morgan fingerprint density at radius 2 is 1.88 bits per heavy atom. The molecule has 0 N–H and O–H groups in total. The molecule has 3 heterocycles. The number of rotatable bonds is 6. The van der Waals surface area contributed by atoms with E-state index >= 15 is 0 Å². The van der Waals surface area contributed by atoms with Crippen molar-refractivity contribution in [3.8, 4) is 0 Å². The summed E-state index contributed by atoms with van der Waals surface area (Å²) in [5.41, 5.74) is 0.672. The fraction of sp³-hybridized carbons (Fsp3) is 0.684. The Hall–Kier alpha value is -1.66. The van der Waals surface area contributed by atoms with Gasteiger partial charge in [0.2, 0.25) is 0 Å². The van der Waals surface area contributed by atoms with Crippen molar-refractivity contribution in [3.63, 3.8) is 0 Å². The second kappa shape index (κ2) is 7.70. The smallest absolute Gasteiger partial charge is 0.350 e. The van der Waals surface area contributed by atoms with Gasteiger partial charge in [-0.05, 0) is 56.8 Å². The van der Waals surface area contributed by atoms with Crippen LogP contribution in [0, 0.1) is 5.92 Å². The summed E-state index contributed by atoms with van der Waals surface area (Å²) >= 11 is 0. The van der Waals surface area contributed by atoms with Crippen LogP contribution in [0.5, 0.6) is 0 Å². The van der Waals surface area contributed by atoms with Gasteiger partial charge >= 0.3 is 5.69 Å². The van der Waals surface area contributed by atoms with Crippen molar-refractivity contribution >= 4 is 5.65 Å². The number of fused-ring (bicyclic) bond motifs is 1. The second-order valence-electron chi connectivity index (χ2n) is 7.46. The number of nitrogens with zero attached hydrogens (tertiary/aromatic N) is 4. The average Bonchev–Trinajstić information content (AvgIpc) is 3.28. The third-order valence-electron chi connectivity index (χ3n) is 5.69. The predicted molar refractivity (Wildman–Crippen MR) is 96.8 cm³/mol. The molecule has 1 saturated carbocycles. The Bertz CT molecular complexity index is 739. The number of aromatic nitrogens is 3. The van der Waals surface area contributed by atoms with Crippen molar-refractivity contribution in [1.82, 2.24) is 19.1 Å². The van der Waals surface area contributed by atoms with E-state index in [4.69, 9.17) is 4.74 Å². The van der Waals surface area contributed by atoms with Crippen LogP contribution >= 0.6 is 0 Å². The zero-order valence-corrected chi connectivity index (χ0v) is 14.8. The molecule has 0 spiro atoms. The van der Waals surface area contributed by atoms with Gasteiger partial charge < -0.3 is 9.64 Å². The number of hydrogen-bond donors (Lipinski definition) is 0. The number of hydrogen-bond acceptors (Lipinski definition) is 4. The zero-order valence-electron chi connectivity index (χ0n) is 14.8. The van der Waals surface area contributed by atoms with E-state index in [2.05, 4.69) is 10.00 Å². The van der Waals surface area contributed by atoms with Gasteiger partial charge in [0.05, 0.1) is 12.6 Å². The highest BCUT2D eigenvalue weighted by Crippen LogP contribution is 2.24. The van der Waals surface area contributed by atoms with Crippen LogP contribution in [0.1, 0.15) is 38.5 Å². The van der Waals surface area contributed by atoms with Crippen LogP contribution < -0.4 is 5.69 Å². The van der Waals surface area contributed by atoms with E-state index in [1.165, 1.54) is 38.5 Å². The van der Waals surface area contributed by atoms with Crippen LogP contribution in [0.3, 0.4) is 0 Å². The first-order chi connectivity index (χ1) is 12.3. The summed E-state index contributed by atoms with van der Waals surface area (Å²) in [5.74, 6) is 0.703. The van der Waals surface area contributed by atoms with Gasteiger partial charge in [-0.3, -0.25) is 4.40 Å². The third kappa shape index (κ3) is 3.96. The summed E-state index contributed by atoms with van der Waals surface area (Å²) < 4.78 is 9.27. The summed E-state index contributed by atoms with van der Waals surface area (Å²) in [6.45, 7) is 4.68. The summed E-state index contributed by atoms with van der Waals surface area (Å²) in [5, 5.41) is 4.41. The molecule has 0 radical (unpaired) electrons. The summed E-state index contributed by atoms with van der Waals surface area (Å²) in [4.78, 5) is 14.7. The van der Waals surface area contributed by atoms with Crippen LogP contribution in [-0.4, -0.2) is 51.4 Å². The van der Waals surface area contributed by atoms with E-state index in [-0.39, 0.29) is 5.69 Å². The average molecular weight is 344 g/mol. The molecule has 1 saturated heterocycles. The lowest BCUT2D eigenvalue weighted by molar-refractivity contribution is 0.0159. The largest absolute Gasteiger partial charge is 0.378 e. The minimum Gasteiger partial charge on any atom is -0.378 e. The molecule has 2 aliphatic rings. The number of ether oxygens (including phenoxy) is 1. The van der Waals surface area contributed by atoms with Crippen LogP contribution in [0.4, 0.5) is 0 Å². The number of pyridine rings is 1. The molecule has 25 heavy (non-hydrogen) atoms. The molecule has 2 fully saturated rings. The summed E-state index contributed by atoms with van der Waals surface area (Å²) in [7, 11) is 0. The highest BCUT2D eigenvalue weighted by atomic mass is 16.5. The van der Waals surface area contributed by atoms with Crippen LogP contribution in [-0.2, 0) is 11.3 Å². The highest BCUT2D eigenvalue weighted by molar-refractivity contribution is 5.35. The molecule has 1 aliphatic heterocycles. The lowest BCUT2D eigenvalue weighted by Gasteiger charge is -2.32. The van der Waals surface area contributed by atoms with E-state index in [9.17, 15) is 4.79 Å². The molecule has 2 aromatic rings. The number of likely N-dealkylation sites (tertiary alicyclic amines) is 1. The lowest BCUT2D eigenvalue weighted by Crippen LogP contribution is -2.38. The molecule has 2 aromatic heterocycles. The second-order valence-corrected chi connectivity index (χ2v) is 7.46. The van der Waals surface area contributed by atoms with Gasteiger partial charge in [-0.15, -0.1) is 5.10 Å². The van der Waals surface area contributed by atoms with E-state index < -0.39 is 0 Å². The van der Waals surface area contributed by atoms with Gasteiger partial charge in [-0.1, -0.05) is 18.9 Å². The van der Waals surface area contributed by atoms with Gasteiger partial charge in [-0.25, -0.2) is 9.48 Å². The minimum absolute atomic E-state index is 0.0459. The molecule has 0 bridgehead atoms. The van der Waals surface area contributed by atoms with Crippen LogP contribution in [0.25, 0.3) is 5.65 Å². The fourth-order valence-corrected chi connectivity index (χ4v) is 4.05. The molecular weight excluding hydrogens is 316 g/mol. The van der Waals surface area contributed by atoms with Gasteiger partial charge in [0, 0.05) is 19.3 Å². The first kappa shape index (κ1) is 16.8. The Labute approximate surface area is 148 Å². The van der Waals surface area contributed by atoms with E-state index in [1.807, 2.05) is 18.2 Å². The van der Waals surface area contributed by atoms with Crippen molar-refractivity contribution in [2.45, 2.75) is 51.2 Å².